The van der Waals surface area contributed by atoms with Crippen LogP contribution in [0.25, 0.3) is 0 Å². The third-order valence-electron chi connectivity index (χ3n) is 3.97. The van der Waals surface area contributed by atoms with Crippen LogP contribution in [0.15, 0.2) is 34.9 Å². The highest BCUT2D eigenvalue weighted by Gasteiger charge is 2.35. The highest BCUT2D eigenvalue weighted by Crippen LogP contribution is 2.34. The Morgan fingerprint density at radius 3 is 2.87 bits per heavy atom. The summed E-state index contributed by atoms with van der Waals surface area (Å²) in [5.41, 5.74) is 0.755. The molecule has 1 fully saturated rings. The first kappa shape index (κ1) is 15.7. The van der Waals surface area contributed by atoms with Crippen LogP contribution in [0.1, 0.15) is 37.9 Å². The van der Waals surface area contributed by atoms with Gasteiger partial charge in [-0.1, -0.05) is 37.2 Å². The molecule has 6 heteroatoms. The predicted octanol–water partition coefficient (Wildman–Crippen LogP) is 2.78. The molecule has 1 N–H and O–H groups in total. The molecule has 2 atom stereocenters. The van der Waals surface area contributed by atoms with Crippen LogP contribution in [0.4, 0.5) is 5.69 Å². The lowest BCUT2D eigenvalue weighted by Gasteiger charge is -2.18. The molecular weight excluding hydrogens is 294 g/mol. The minimum Gasteiger partial charge on any atom is -0.377 e. The molecule has 1 aromatic carbocycles. The van der Waals surface area contributed by atoms with E-state index in [-0.39, 0.29) is 24.3 Å². The summed E-state index contributed by atoms with van der Waals surface area (Å²) in [4.78, 5) is 16.4. The highest BCUT2D eigenvalue weighted by atomic mass is 16.5. The molecule has 0 bridgehead atoms. The third-order valence-corrected chi connectivity index (χ3v) is 3.97. The lowest BCUT2D eigenvalue weighted by Crippen LogP contribution is -2.21. The van der Waals surface area contributed by atoms with Gasteiger partial charge in [-0.25, -0.2) is 0 Å². The van der Waals surface area contributed by atoms with Gasteiger partial charge in [-0.15, -0.1) is 0 Å². The van der Waals surface area contributed by atoms with Crippen LogP contribution in [-0.2, 0) is 16.0 Å². The molecule has 0 radical (unpaired) electrons. The zero-order chi connectivity index (χ0) is 16.2. The highest BCUT2D eigenvalue weighted by molar-refractivity contribution is 5.91. The normalized spacial score (nSPS) is 20.8. The quantitative estimate of drug-likeness (QED) is 0.918. The molecule has 3 rings (SSSR count). The summed E-state index contributed by atoms with van der Waals surface area (Å²) < 4.78 is 11.1. The van der Waals surface area contributed by atoms with Gasteiger partial charge in [0.15, 0.2) is 5.82 Å². The molecule has 1 amide bonds. The molecule has 1 aliphatic rings. The van der Waals surface area contributed by atoms with Gasteiger partial charge in [0.1, 0.15) is 0 Å². The minimum absolute atomic E-state index is 0.0956. The SMILES string of the molecule is CC(C)[C@@H]1OCC[C@@H]1c1nc(CC(=O)Nc2ccccc2)no1. The van der Waals surface area contributed by atoms with Crippen molar-refractivity contribution >= 4 is 11.6 Å². The zero-order valence-electron chi connectivity index (χ0n) is 13.4. The largest absolute Gasteiger partial charge is 0.377 e. The van der Waals surface area contributed by atoms with E-state index in [0.717, 1.165) is 12.1 Å². The molecule has 6 nitrogen and oxygen atoms in total. The molecule has 0 saturated carbocycles. The summed E-state index contributed by atoms with van der Waals surface area (Å²) in [5, 5.41) is 6.74. The first-order valence-electron chi connectivity index (χ1n) is 7.92. The lowest BCUT2D eigenvalue weighted by molar-refractivity contribution is -0.115. The van der Waals surface area contributed by atoms with Crippen LogP contribution >= 0.6 is 0 Å². The molecule has 122 valence electrons. The van der Waals surface area contributed by atoms with Gasteiger partial charge in [0.2, 0.25) is 11.8 Å². The van der Waals surface area contributed by atoms with Crippen LogP contribution in [0.2, 0.25) is 0 Å². The van der Waals surface area contributed by atoms with E-state index in [1.807, 2.05) is 30.3 Å². The van der Waals surface area contributed by atoms with Crippen molar-refractivity contribution in [3.05, 3.63) is 42.0 Å². The second-order valence-electron chi connectivity index (χ2n) is 6.11. The van der Waals surface area contributed by atoms with Gasteiger partial charge in [-0.3, -0.25) is 4.79 Å². The molecule has 0 unspecified atom stereocenters. The van der Waals surface area contributed by atoms with Crippen molar-refractivity contribution in [1.29, 1.82) is 0 Å². The lowest BCUT2D eigenvalue weighted by atomic mass is 9.93. The van der Waals surface area contributed by atoms with Crippen molar-refractivity contribution in [2.45, 2.75) is 38.7 Å². The van der Waals surface area contributed by atoms with Crippen molar-refractivity contribution in [1.82, 2.24) is 10.1 Å². The van der Waals surface area contributed by atoms with Crippen molar-refractivity contribution in [3.63, 3.8) is 0 Å². The van der Waals surface area contributed by atoms with Gasteiger partial charge in [0.05, 0.1) is 18.4 Å². The summed E-state index contributed by atoms with van der Waals surface area (Å²) >= 11 is 0. The van der Waals surface area contributed by atoms with Crippen molar-refractivity contribution in [2.75, 3.05) is 11.9 Å². The number of carbonyl (C=O) groups is 1. The number of aromatic nitrogens is 2. The molecule has 1 aliphatic heterocycles. The number of carbonyl (C=O) groups excluding carboxylic acids is 1. The molecule has 1 saturated heterocycles. The summed E-state index contributed by atoms with van der Waals surface area (Å²) in [6.07, 6.45) is 1.07. The fourth-order valence-corrected chi connectivity index (χ4v) is 2.89. The van der Waals surface area contributed by atoms with Crippen LogP contribution in [0.5, 0.6) is 0 Å². The molecule has 0 spiro atoms. The maximum atomic E-state index is 12.0. The van der Waals surface area contributed by atoms with E-state index in [1.54, 1.807) is 0 Å². The van der Waals surface area contributed by atoms with E-state index in [2.05, 4.69) is 29.3 Å². The molecule has 1 aromatic heterocycles. The number of amides is 1. The number of rotatable bonds is 5. The van der Waals surface area contributed by atoms with E-state index >= 15 is 0 Å². The van der Waals surface area contributed by atoms with E-state index in [1.165, 1.54) is 0 Å². The van der Waals surface area contributed by atoms with Crippen LogP contribution < -0.4 is 5.32 Å². The smallest absolute Gasteiger partial charge is 0.232 e. The Morgan fingerprint density at radius 2 is 2.13 bits per heavy atom. The number of nitrogens with zero attached hydrogens (tertiary/aromatic N) is 2. The predicted molar refractivity (Wildman–Crippen MR) is 85.0 cm³/mol. The fourth-order valence-electron chi connectivity index (χ4n) is 2.89. The fraction of sp³-hybridized carbons (Fsp3) is 0.471. The third kappa shape index (κ3) is 3.76. The van der Waals surface area contributed by atoms with E-state index in [4.69, 9.17) is 9.26 Å². The first-order valence-corrected chi connectivity index (χ1v) is 7.92. The Bertz CT molecular complexity index is 654. The monoisotopic (exact) mass is 315 g/mol. The Morgan fingerprint density at radius 1 is 1.35 bits per heavy atom. The van der Waals surface area contributed by atoms with Crippen LogP contribution in [0, 0.1) is 5.92 Å². The maximum Gasteiger partial charge on any atom is 0.232 e. The van der Waals surface area contributed by atoms with E-state index in [0.29, 0.717) is 24.2 Å². The van der Waals surface area contributed by atoms with Crippen LogP contribution in [0.3, 0.4) is 0 Å². The standard InChI is InChI=1S/C17H21N3O3/c1-11(2)16-13(8-9-22-16)17-19-14(20-23-17)10-15(21)18-12-6-4-3-5-7-12/h3-7,11,13,16H,8-10H2,1-2H3,(H,18,21)/t13-,16-/m0/s1. The Labute approximate surface area is 135 Å². The number of benzene rings is 1. The number of nitrogens with one attached hydrogen (secondary N) is 1. The zero-order valence-corrected chi connectivity index (χ0v) is 13.4. The van der Waals surface area contributed by atoms with Gasteiger partial charge >= 0.3 is 0 Å². The number of hydrogen-bond acceptors (Lipinski definition) is 5. The van der Waals surface area contributed by atoms with Gasteiger partial charge < -0.3 is 14.6 Å². The summed E-state index contributed by atoms with van der Waals surface area (Å²) in [6, 6.07) is 9.31. The molecule has 2 aromatic rings. The van der Waals surface area contributed by atoms with E-state index in [9.17, 15) is 4.79 Å². The number of ether oxygens (including phenoxy) is 1. The average molecular weight is 315 g/mol. The molecule has 23 heavy (non-hydrogen) atoms. The second kappa shape index (κ2) is 6.91. The summed E-state index contributed by atoms with van der Waals surface area (Å²) in [6.45, 7) is 4.95. The van der Waals surface area contributed by atoms with E-state index < -0.39 is 0 Å². The van der Waals surface area contributed by atoms with Crippen molar-refractivity contribution in [3.8, 4) is 0 Å². The van der Waals surface area contributed by atoms with Crippen molar-refractivity contribution in [2.24, 2.45) is 5.92 Å². The van der Waals surface area contributed by atoms with Crippen molar-refractivity contribution < 1.29 is 14.1 Å². The average Bonchev–Trinajstić information content (AvgIpc) is 3.16. The summed E-state index contributed by atoms with van der Waals surface area (Å²) in [5.74, 6) is 1.32. The topological polar surface area (TPSA) is 77.2 Å². The molecular formula is C17H21N3O3. The van der Waals surface area contributed by atoms with Gasteiger partial charge in [-0.05, 0) is 24.5 Å². The molecule has 0 aliphatic carbocycles. The van der Waals surface area contributed by atoms with Crippen LogP contribution in [-0.4, -0.2) is 28.8 Å². The Kier molecular flexibility index (Phi) is 4.71. The Balaban J connectivity index is 1.62. The number of anilines is 1. The minimum atomic E-state index is -0.161. The number of hydrogen-bond donors (Lipinski definition) is 1. The number of para-hydroxylation sites is 1. The second-order valence-corrected chi connectivity index (χ2v) is 6.11. The van der Waals surface area contributed by atoms with Gasteiger partial charge in [0, 0.05) is 12.3 Å². The molecule has 2 heterocycles. The van der Waals surface area contributed by atoms with Gasteiger partial charge in [-0.2, -0.15) is 4.98 Å². The Hall–Kier alpha value is -2.21. The summed E-state index contributed by atoms with van der Waals surface area (Å²) in [7, 11) is 0. The first-order chi connectivity index (χ1) is 11.1. The maximum absolute atomic E-state index is 12.0. The van der Waals surface area contributed by atoms with Gasteiger partial charge in [0.25, 0.3) is 0 Å².